The van der Waals surface area contributed by atoms with Gasteiger partial charge >= 0.3 is 12.1 Å². The number of alkyl carbamates (subject to hydrolysis) is 1. The van der Waals surface area contributed by atoms with E-state index in [-0.39, 0.29) is 18.9 Å². The van der Waals surface area contributed by atoms with Crippen LogP contribution in [0.4, 0.5) is 9.18 Å². The van der Waals surface area contributed by atoms with Gasteiger partial charge in [0.05, 0.1) is 0 Å². The predicted octanol–water partition coefficient (Wildman–Crippen LogP) is 4.01. The van der Waals surface area contributed by atoms with Gasteiger partial charge in [0.2, 0.25) is 0 Å². The summed E-state index contributed by atoms with van der Waals surface area (Å²) in [5.74, 6) is -0.697. The van der Waals surface area contributed by atoms with Gasteiger partial charge < -0.3 is 19.5 Å². The van der Waals surface area contributed by atoms with Crippen LogP contribution in [-0.4, -0.2) is 52.2 Å². The second-order valence-electron chi connectivity index (χ2n) is 9.29. The van der Waals surface area contributed by atoms with Crippen molar-refractivity contribution in [2.75, 3.05) is 12.4 Å². The average molecular weight is 515 g/mol. The Morgan fingerprint density at radius 3 is 2.44 bits per heavy atom. The Morgan fingerprint density at radius 1 is 1.08 bits per heavy atom. The first-order chi connectivity index (χ1) is 17.1. The lowest BCUT2D eigenvalue weighted by atomic mass is 10.0. The first kappa shape index (κ1) is 25.6. The summed E-state index contributed by atoms with van der Waals surface area (Å²) in [6, 6.07) is 13.9. The Bertz CT molecular complexity index is 1160. The molecule has 8 nitrogen and oxygen atoms in total. The summed E-state index contributed by atoms with van der Waals surface area (Å²) >= 11 is 1.40. The quantitative estimate of drug-likeness (QED) is 0.441. The molecule has 1 saturated heterocycles. The number of nitrogens with zero attached hydrogens (tertiary/aromatic N) is 1. The molecule has 2 aliphatic heterocycles. The third-order valence-corrected chi connectivity index (χ3v) is 6.69. The molecular weight excluding hydrogens is 487 g/mol. The molecule has 4 rings (SSSR count). The minimum atomic E-state index is -0.832. The molecular formula is C26H27FN2O6S. The predicted molar refractivity (Wildman–Crippen MR) is 131 cm³/mol. The Hall–Kier alpha value is -3.53. The van der Waals surface area contributed by atoms with E-state index >= 15 is 0 Å². The minimum Gasteiger partial charge on any atom is -0.489 e. The number of esters is 1. The van der Waals surface area contributed by atoms with E-state index in [4.69, 9.17) is 14.2 Å². The van der Waals surface area contributed by atoms with Crippen molar-refractivity contribution < 1.29 is 33.0 Å². The van der Waals surface area contributed by atoms with Gasteiger partial charge in [-0.2, -0.15) is 0 Å². The third-order valence-electron chi connectivity index (χ3n) is 5.35. The van der Waals surface area contributed by atoms with E-state index < -0.39 is 40.8 Å². The normalized spacial score (nSPS) is 19.2. The molecule has 2 amide bonds. The van der Waals surface area contributed by atoms with E-state index in [2.05, 4.69) is 5.32 Å². The summed E-state index contributed by atoms with van der Waals surface area (Å²) < 4.78 is 29.8. The maximum Gasteiger partial charge on any atom is 0.408 e. The van der Waals surface area contributed by atoms with Gasteiger partial charge in [0.1, 0.15) is 47.5 Å². The van der Waals surface area contributed by atoms with Crippen LogP contribution >= 0.6 is 11.8 Å². The van der Waals surface area contributed by atoms with Crippen molar-refractivity contribution in [1.82, 2.24) is 10.2 Å². The van der Waals surface area contributed by atoms with Crippen LogP contribution in [-0.2, 0) is 25.7 Å². The average Bonchev–Trinajstić information content (AvgIpc) is 2.84. The van der Waals surface area contributed by atoms with Crippen LogP contribution in [0.5, 0.6) is 5.75 Å². The third kappa shape index (κ3) is 5.99. The SMILES string of the molecule is CC(C)(C)OC(=O)NC1C(=O)N2C(C(=O)OCc3ccccc3)=C(COc3ccc(F)cc3)CS[C@H]12. The zero-order valence-electron chi connectivity index (χ0n) is 20.2. The van der Waals surface area contributed by atoms with Gasteiger partial charge in [-0.15, -0.1) is 11.8 Å². The molecule has 2 aromatic rings. The summed E-state index contributed by atoms with van der Waals surface area (Å²) in [6.07, 6.45) is -0.705. The van der Waals surface area contributed by atoms with Crippen LogP contribution in [0.15, 0.2) is 65.9 Å². The number of fused-ring (bicyclic) bond motifs is 1. The standard InChI is InChI=1S/C26H27FN2O6S/c1-26(2,3)35-25(32)28-20-22(30)29-21(24(31)34-13-16-7-5-4-6-8-16)17(15-36-23(20)29)14-33-19-11-9-18(27)10-12-19/h4-12,20,23H,13-15H2,1-3H3,(H,28,32)/t20?,23-/m1/s1. The van der Waals surface area contributed by atoms with Gasteiger partial charge in [-0.05, 0) is 50.6 Å². The molecule has 0 radical (unpaired) electrons. The smallest absolute Gasteiger partial charge is 0.408 e. The first-order valence-corrected chi connectivity index (χ1v) is 12.4. The summed E-state index contributed by atoms with van der Waals surface area (Å²) in [5, 5.41) is 2.12. The zero-order chi connectivity index (χ0) is 25.9. The van der Waals surface area contributed by atoms with E-state index in [0.29, 0.717) is 17.1 Å². The van der Waals surface area contributed by atoms with Crippen LogP contribution in [0.1, 0.15) is 26.3 Å². The fourth-order valence-electron chi connectivity index (χ4n) is 3.71. The Kier molecular flexibility index (Phi) is 7.53. The van der Waals surface area contributed by atoms with Crippen molar-refractivity contribution in [1.29, 1.82) is 0 Å². The van der Waals surface area contributed by atoms with Gasteiger partial charge in [0.15, 0.2) is 0 Å². The molecule has 1 N–H and O–H groups in total. The summed E-state index contributed by atoms with van der Waals surface area (Å²) in [7, 11) is 0. The number of benzene rings is 2. The Labute approximate surface area is 212 Å². The maximum absolute atomic E-state index is 13.2. The largest absolute Gasteiger partial charge is 0.489 e. The molecule has 0 aliphatic carbocycles. The van der Waals surface area contributed by atoms with Crippen LogP contribution in [0.2, 0.25) is 0 Å². The van der Waals surface area contributed by atoms with Crippen molar-refractivity contribution in [2.45, 2.75) is 44.4 Å². The number of β-lactam (4-membered cyclic amide) rings is 1. The monoisotopic (exact) mass is 514 g/mol. The highest BCUT2D eigenvalue weighted by Gasteiger charge is 2.54. The molecule has 2 heterocycles. The fraction of sp³-hybridized carbons (Fsp3) is 0.346. The van der Waals surface area contributed by atoms with Crippen molar-refractivity contribution in [3.63, 3.8) is 0 Å². The number of amides is 2. The molecule has 0 spiro atoms. The Morgan fingerprint density at radius 2 is 1.78 bits per heavy atom. The minimum absolute atomic E-state index is 0.00899. The molecule has 10 heteroatoms. The summed E-state index contributed by atoms with van der Waals surface area (Å²) in [4.78, 5) is 39.8. The van der Waals surface area contributed by atoms with Gasteiger partial charge in [-0.3, -0.25) is 9.69 Å². The number of rotatable bonds is 7. The molecule has 2 aromatic carbocycles. The van der Waals surface area contributed by atoms with Crippen LogP contribution in [0.3, 0.4) is 0 Å². The maximum atomic E-state index is 13.2. The van der Waals surface area contributed by atoms with Gasteiger partial charge in [0, 0.05) is 11.3 Å². The number of hydrogen-bond donors (Lipinski definition) is 1. The molecule has 190 valence electrons. The number of hydrogen-bond acceptors (Lipinski definition) is 7. The van der Waals surface area contributed by atoms with Gasteiger partial charge in [0.25, 0.3) is 5.91 Å². The topological polar surface area (TPSA) is 94.2 Å². The number of nitrogens with one attached hydrogen (secondary N) is 1. The van der Waals surface area contributed by atoms with Crippen LogP contribution < -0.4 is 10.1 Å². The second-order valence-corrected chi connectivity index (χ2v) is 10.4. The van der Waals surface area contributed by atoms with Crippen molar-refractivity contribution in [3.8, 4) is 5.75 Å². The number of carbonyl (C=O) groups excluding carboxylic acids is 3. The molecule has 0 aromatic heterocycles. The van der Waals surface area contributed by atoms with Gasteiger partial charge in [-0.1, -0.05) is 30.3 Å². The van der Waals surface area contributed by atoms with E-state index in [9.17, 15) is 18.8 Å². The summed E-state index contributed by atoms with van der Waals surface area (Å²) in [5.41, 5.74) is 0.747. The van der Waals surface area contributed by atoms with Crippen LogP contribution in [0, 0.1) is 5.82 Å². The van der Waals surface area contributed by atoms with Crippen LogP contribution in [0.25, 0.3) is 0 Å². The van der Waals surface area contributed by atoms with Gasteiger partial charge in [-0.25, -0.2) is 14.0 Å². The number of ether oxygens (including phenoxy) is 3. The lowest BCUT2D eigenvalue weighted by Crippen LogP contribution is -2.71. The van der Waals surface area contributed by atoms with E-state index in [1.807, 2.05) is 30.3 Å². The Balaban J connectivity index is 1.52. The highest BCUT2D eigenvalue weighted by molar-refractivity contribution is 8.00. The van der Waals surface area contributed by atoms with Crippen molar-refractivity contribution in [2.24, 2.45) is 0 Å². The van der Waals surface area contributed by atoms with E-state index in [1.54, 1.807) is 20.8 Å². The van der Waals surface area contributed by atoms with Crippen molar-refractivity contribution in [3.05, 3.63) is 77.2 Å². The molecule has 2 aliphatic rings. The molecule has 1 fully saturated rings. The first-order valence-electron chi connectivity index (χ1n) is 11.4. The number of thioether (sulfide) groups is 1. The lowest BCUT2D eigenvalue weighted by Gasteiger charge is -2.49. The molecule has 2 atom stereocenters. The number of carbonyl (C=O) groups is 3. The second kappa shape index (κ2) is 10.6. The molecule has 0 bridgehead atoms. The van der Waals surface area contributed by atoms with E-state index in [0.717, 1.165) is 5.56 Å². The highest BCUT2D eigenvalue weighted by Crippen LogP contribution is 2.41. The molecule has 1 unspecified atom stereocenters. The molecule has 36 heavy (non-hydrogen) atoms. The highest BCUT2D eigenvalue weighted by atomic mass is 32.2. The summed E-state index contributed by atoms with van der Waals surface area (Å²) in [6.45, 7) is 5.24. The van der Waals surface area contributed by atoms with E-state index in [1.165, 1.54) is 40.9 Å². The number of halogens is 1. The lowest BCUT2D eigenvalue weighted by molar-refractivity contribution is -0.152. The zero-order valence-corrected chi connectivity index (χ0v) is 21.0. The fourth-order valence-corrected chi connectivity index (χ4v) is 5.04. The molecule has 0 saturated carbocycles. The van der Waals surface area contributed by atoms with Crippen molar-refractivity contribution >= 4 is 29.7 Å².